The maximum absolute atomic E-state index is 11.2. The molecule has 3 aromatic heterocycles. The summed E-state index contributed by atoms with van der Waals surface area (Å²) in [6, 6.07) is 30.0. The molecule has 6 aromatic rings. The van der Waals surface area contributed by atoms with E-state index in [-0.39, 0.29) is 5.88 Å². The number of hydrogen-bond donors (Lipinski definition) is 1. The van der Waals surface area contributed by atoms with Crippen LogP contribution in [0.25, 0.3) is 39.1 Å². The molecule has 6 rings (SSSR count). The molecular weight excluding hydrogens is 408 g/mol. The molecule has 3 heterocycles. The van der Waals surface area contributed by atoms with Crippen LogP contribution < -0.4 is 0 Å². The van der Waals surface area contributed by atoms with Crippen LogP contribution in [0.5, 0.6) is 5.88 Å². The molecule has 0 spiro atoms. The number of imidazole rings is 1. The molecule has 0 aliphatic heterocycles. The fraction of sp³-hybridized carbons (Fsp3) is 0.0357. The van der Waals surface area contributed by atoms with Gasteiger partial charge in [-0.1, -0.05) is 78.9 Å². The van der Waals surface area contributed by atoms with E-state index >= 15 is 0 Å². The van der Waals surface area contributed by atoms with E-state index in [9.17, 15) is 5.11 Å². The first-order valence-corrected chi connectivity index (χ1v) is 10.8. The van der Waals surface area contributed by atoms with Gasteiger partial charge in [0, 0.05) is 35.3 Å². The first kappa shape index (κ1) is 19.2. The maximum Gasteiger partial charge on any atom is 0.219 e. The van der Waals surface area contributed by atoms with Gasteiger partial charge in [0.1, 0.15) is 11.4 Å². The molecule has 5 nitrogen and oxygen atoms in total. The van der Waals surface area contributed by atoms with E-state index < -0.39 is 0 Å². The van der Waals surface area contributed by atoms with Crippen molar-refractivity contribution in [2.24, 2.45) is 0 Å². The number of para-hydroxylation sites is 1. The van der Waals surface area contributed by atoms with Crippen LogP contribution in [0, 0.1) is 0 Å². The summed E-state index contributed by atoms with van der Waals surface area (Å²) in [6.07, 6.45) is 4.18. The Labute approximate surface area is 190 Å². The highest BCUT2D eigenvalue weighted by Crippen LogP contribution is 2.34. The standard InChI is InChI=1S/C28H20N4O/c33-28-24(17-19-9-3-1-4-10-19)31-27-26(22-15-16-29-23-14-8-7-13-21(22)23)30-25(18-32(27)28)20-11-5-2-6-12-20/h1-16,18,33H,17H2. The highest BCUT2D eigenvalue weighted by atomic mass is 16.3. The van der Waals surface area contributed by atoms with Gasteiger partial charge in [-0.2, -0.15) is 0 Å². The van der Waals surface area contributed by atoms with Crippen LogP contribution in [0.2, 0.25) is 0 Å². The quantitative estimate of drug-likeness (QED) is 0.379. The normalized spacial score (nSPS) is 11.3. The minimum atomic E-state index is 0.132. The molecule has 0 radical (unpaired) electrons. The zero-order chi connectivity index (χ0) is 22.2. The topological polar surface area (TPSA) is 63.3 Å². The lowest BCUT2D eigenvalue weighted by Gasteiger charge is -2.10. The lowest BCUT2D eigenvalue weighted by molar-refractivity contribution is 0.442. The second-order valence-electron chi connectivity index (χ2n) is 7.95. The van der Waals surface area contributed by atoms with E-state index in [2.05, 4.69) is 4.98 Å². The van der Waals surface area contributed by atoms with Crippen LogP contribution >= 0.6 is 0 Å². The molecule has 0 aliphatic rings. The van der Waals surface area contributed by atoms with E-state index in [0.717, 1.165) is 33.3 Å². The van der Waals surface area contributed by atoms with Gasteiger partial charge in [0.2, 0.25) is 5.88 Å². The van der Waals surface area contributed by atoms with Gasteiger partial charge >= 0.3 is 0 Å². The average Bonchev–Trinajstić information content (AvgIpc) is 3.19. The number of nitrogens with zero attached hydrogens (tertiary/aromatic N) is 4. The van der Waals surface area contributed by atoms with Crippen LogP contribution in [-0.4, -0.2) is 24.5 Å². The van der Waals surface area contributed by atoms with Crippen LogP contribution in [0.4, 0.5) is 0 Å². The maximum atomic E-state index is 11.2. The Morgan fingerprint density at radius 1 is 0.758 bits per heavy atom. The molecule has 0 bridgehead atoms. The molecule has 0 aliphatic carbocycles. The highest BCUT2D eigenvalue weighted by Gasteiger charge is 2.20. The first-order valence-electron chi connectivity index (χ1n) is 10.8. The average molecular weight is 428 g/mol. The Hall–Kier alpha value is -4.51. The molecule has 0 amide bonds. The third-order valence-corrected chi connectivity index (χ3v) is 5.84. The number of aromatic nitrogens is 4. The number of fused-ring (bicyclic) bond motifs is 2. The monoisotopic (exact) mass is 428 g/mol. The summed E-state index contributed by atoms with van der Waals surface area (Å²) in [7, 11) is 0. The molecular formula is C28H20N4O. The molecule has 0 fully saturated rings. The molecule has 1 N–H and O–H groups in total. The smallest absolute Gasteiger partial charge is 0.219 e. The van der Waals surface area contributed by atoms with Crippen LogP contribution in [0.3, 0.4) is 0 Å². The predicted molar refractivity (Wildman–Crippen MR) is 130 cm³/mol. The van der Waals surface area contributed by atoms with E-state index in [1.807, 2.05) is 97.2 Å². The third kappa shape index (κ3) is 3.40. The van der Waals surface area contributed by atoms with Crippen molar-refractivity contribution in [2.75, 3.05) is 0 Å². The third-order valence-electron chi connectivity index (χ3n) is 5.84. The highest BCUT2D eigenvalue weighted by molar-refractivity contribution is 5.97. The van der Waals surface area contributed by atoms with Gasteiger partial charge < -0.3 is 5.11 Å². The number of rotatable bonds is 4. The second-order valence-corrected chi connectivity index (χ2v) is 7.95. The summed E-state index contributed by atoms with van der Waals surface area (Å²) < 4.78 is 1.75. The molecule has 0 unspecified atom stereocenters. The van der Waals surface area contributed by atoms with Gasteiger partial charge in [0.05, 0.1) is 11.2 Å². The zero-order valence-corrected chi connectivity index (χ0v) is 17.8. The summed E-state index contributed by atoms with van der Waals surface area (Å²) in [4.78, 5) is 14.4. The number of pyridine rings is 1. The van der Waals surface area contributed by atoms with Crippen molar-refractivity contribution >= 4 is 16.6 Å². The van der Waals surface area contributed by atoms with Gasteiger partial charge in [-0.3, -0.25) is 9.38 Å². The SMILES string of the molecule is Oc1c(Cc2ccccc2)nc2c(-c3ccnc4ccccc34)nc(-c3ccccc3)cn12. The molecule has 0 atom stereocenters. The Morgan fingerprint density at radius 2 is 1.48 bits per heavy atom. The van der Waals surface area contributed by atoms with E-state index in [4.69, 9.17) is 9.97 Å². The predicted octanol–water partition coefficient (Wildman–Crippen LogP) is 5.91. The summed E-state index contributed by atoms with van der Waals surface area (Å²) >= 11 is 0. The van der Waals surface area contributed by atoms with Crippen molar-refractivity contribution in [3.63, 3.8) is 0 Å². The molecule has 0 saturated heterocycles. The van der Waals surface area contributed by atoms with Gasteiger partial charge in [0.15, 0.2) is 5.65 Å². The van der Waals surface area contributed by atoms with Crippen molar-refractivity contribution in [1.82, 2.24) is 19.4 Å². The van der Waals surface area contributed by atoms with E-state index in [0.29, 0.717) is 23.5 Å². The van der Waals surface area contributed by atoms with Crippen molar-refractivity contribution in [3.05, 3.63) is 115 Å². The molecule has 3 aromatic carbocycles. The minimum Gasteiger partial charge on any atom is -0.493 e. The molecule has 0 saturated carbocycles. The Kier molecular flexibility index (Phi) is 4.58. The van der Waals surface area contributed by atoms with Gasteiger partial charge in [-0.15, -0.1) is 0 Å². The van der Waals surface area contributed by atoms with Crippen molar-refractivity contribution in [1.29, 1.82) is 0 Å². The summed E-state index contributed by atoms with van der Waals surface area (Å²) in [6.45, 7) is 0. The molecule has 33 heavy (non-hydrogen) atoms. The molecule has 158 valence electrons. The van der Waals surface area contributed by atoms with E-state index in [1.165, 1.54) is 0 Å². The number of benzene rings is 3. The Bertz CT molecular complexity index is 1590. The van der Waals surface area contributed by atoms with Gasteiger partial charge in [-0.05, 0) is 17.7 Å². The lowest BCUT2D eigenvalue weighted by atomic mass is 10.1. The fourth-order valence-electron chi connectivity index (χ4n) is 4.22. The number of aromatic hydroxyl groups is 1. The van der Waals surface area contributed by atoms with Gasteiger partial charge in [0.25, 0.3) is 0 Å². The Balaban J connectivity index is 1.63. The van der Waals surface area contributed by atoms with Crippen molar-refractivity contribution in [2.45, 2.75) is 6.42 Å². The van der Waals surface area contributed by atoms with Crippen LogP contribution in [0.15, 0.2) is 103 Å². The zero-order valence-electron chi connectivity index (χ0n) is 17.8. The van der Waals surface area contributed by atoms with Crippen LogP contribution in [0.1, 0.15) is 11.3 Å². The number of hydrogen-bond acceptors (Lipinski definition) is 4. The summed E-state index contributed by atoms with van der Waals surface area (Å²) in [5.41, 5.74) is 6.59. The molecule has 5 heteroatoms. The minimum absolute atomic E-state index is 0.132. The van der Waals surface area contributed by atoms with Crippen molar-refractivity contribution < 1.29 is 5.11 Å². The Morgan fingerprint density at radius 3 is 2.30 bits per heavy atom. The van der Waals surface area contributed by atoms with Gasteiger partial charge in [-0.25, -0.2) is 9.97 Å². The largest absolute Gasteiger partial charge is 0.493 e. The lowest BCUT2D eigenvalue weighted by Crippen LogP contribution is -1.97. The fourth-order valence-corrected chi connectivity index (χ4v) is 4.22. The summed E-state index contributed by atoms with van der Waals surface area (Å²) in [5, 5.41) is 12.2. The van der Waals surface area contributed by atoms with Crippen molar-refractivity contribution in [3.8, 4) is 28.4 Å². The van der Waals surface area contributed by atoms with E-state index in [1.54, 1.807) is 10.6 Å². The summed E-state index contributed by atoms with van der Waals surface area (Å²) in [5.74, 6) is 0.132. The second kappa shape index (κ2) is 7.88. The van der Waals surface area contributed by atoms with Crippen LogP contribution in [-0.2, 0) is 6.42 Å². The first-order chi connectivity index (χ1) is 16.3.